The molecule has 15 heavy (non-hydrogen) atoms. The number of likely N-dealkylation sites (tertiary alicyclic amines) is 1. The predicted molar refractivity (Wildman–Crippen MR) is 64.1 cm³/mol. The van der Waals surface area contributed by atoms with Crippen molar-refractivity contribution in [3.05, 3.63) is 0 Å². The molecule has 0 aromatic rings. The molecule has 0 spiro atoms. The zero-order chi connectivity index (χ0) is 11.1. The van der Waals surface area contributed by atoms with Gasteiger partial charge in [-0.2, -0.15) is 0 Å². The van der Waals surface area contributed by atoms with Gasteiger partial charge in [-0.3, -0.25) is 0 Å². The second-order valence-corrected chi connectivity index (χ2v) is 4.66. The number of hydrogen-bond donors (Lipinski definition) is 2. The van der Waals surface area contributed by atoms with Gasteiger partial charge in [0.2, 0.25) is 0 Å². The summed E-state index contributed by atoms with van der Waals surface area (Å²) in [4.78, 5) is 2.48. The van der Waals surface area contributed by atoms with Crippen LogP contribution in [-0.2, 0) is 0 Å². The highest BCUT2D eigenvalue weighted by Crippen LogP contribution is 2.17. The lowest BCUT2D eigenvalue weighted by molar-refractivity contribution is 0.170. The molecule has 90 valence electrons. The van der Waals surface area contributed by atoms with E-state index in [4.69, 9.17) is 5.11 Å². The molecule has 2 atom stereocenters. The molecular formula is C12H26N2O. The molecule has 0 aromatic carbocycles. The van der Waals surface area contributed by atoms with Crippen LogP contribution in [-0.4, -0.2) is 48.8 Å². The molecule has 1 aliphatic heterocycles. The van der Waals surface area contributed by atoms with Crippen molar-refractivity contribution in [2.45, 2.75) is 51.1 Å². The van der Waals surface area contributed by atoms with Crippen molar-refractivity contribution in [1.29, 1.82) is 0 Å². The largest absolute Gasteiger partial charge is 0.395 e. The summed E-state index contributed by atoms with van der Waals surface area (Å²) >= 11 is 0. The molecule has 0 bridgehead atoms. The van der Waals surface area contributed by atoms with E-state index >= 15 is 0 Å². The minimum atomic E-state index is 0.261. The molecule has 1 aliphatic rings. The Balaban J connectivity index is 2.12. The molecule has 3 heteroatoms. The van der Waals surface area contributed by atoms with E-state index in [1.165, 1.54) is 32.2 Å². The minimum Gasteiger partial charge on any atom is -0.395 e. The number of aliphatic hydroxyl groups excluding tert-OH is 1. The second kappa shape index (κ2) is 7.20. The molecule has 0 amide bonds. The molecule has 0 saturated carbocycles. The van der Waals surface area contributed by atoms with Gasteiger partial charge in [0, 0.05) is 12.1 Å². The van der Waals surface area contributed by atoms with Crippen molar-refractivity contribution in [3.8, 4) is 0 Å². The van der Waals surface area contributed by atoms with Crippen LogP contribution in [0.4, 0.5) is 0 Å². The molecule has 0 aromatic heterocycles. The van der Waals surface area contributed by atoms with Crippen molar-refractivity contribution in [1.82, 2.24) is 10.2 Å². The normalized spacial score (nSPS) is 25.4. The highest BCUT2D eigenvalue weighted by atomic mass is 16.3. The van der Waals surface area contributed by atoms with E-state index in [2.05, 4.69) is 24.2 Å². The summed E-state index contributed by atoms with van der Waals surface area (Å²) in [5, 5.41) is 12.5. The molecule has 0 aliphatic carbocycles. The van der Waals surface area contributed by atoms with Crippen LogP contribution in [0.1, 0.15) is 39.0 Å². The maximum absolute atomic E-state index is 9.04. The Labute approximate surface area is 93.9 Å². The lowest BCUT2D eigenvalue weighted by Gasteiger charge is -2.32. The highest BCUT2D eigenvalue weighted by molar-refractivity contribution is 4.75. The fraction of sp³-hybridized carbons (Fsp3) is 1.00. The van der Waals surface area contributed by atoms with Crippen molar-refractivity contribution in [3.63, 3.8) is 0 Å². The maximum Gasteiger partial charge on any atom is 0.0584 e. The molecular weight excluding hydrogens is 188 g/mol. The zero-order valence-electron chi connectivity index (χ0n) is 10.2. The van der Waals surface area contributed by atoms with Crippen LogP contribution in [0.25, 0.3) is 0 Å². The Kier molecular flexibility index (Phi) is 6.22. The number of nitrogens with one attached hydrogen (secondary N) is 1. The SMILES string of the molecule is CCC(CO)NCCC1CCCCN1C. The van der Waals surface area contributed by atoms with E-state index in [9.17, 15) is 0 Å². The Morgan fingerprint density at radius 2 is 2.27 bits per heavy atom. The van der Waals surface area contributed by atoms with Crippen molar-refractivity contribution >= 4 is 0 Å². The number of piperidine rings is 1. The summed E-state index contributed by atoms with van der Waals surface area (Å²) < 4.78 is 0. The van der Waals surface area contributed by atoms with Crippen LogP contribution < -0.4 is 5.32 Å². The topological polar surface area (TPSA) is 35.5 Å². The first-order valence-electron chi connectivity index (χ1n) is 6.32. The van der Waals surface area contributed by atoms with Gasteiger partial charge in [0.15, 0.2) is 0 Å². The average molecular weight is 214 g/mol. The van der Waals surface area contributed by atoms with Gasteiger partial charge in [0.1, 0.15) is 0 Å². The third-order valence-electron chi connectivity index (χ3n) is 3.55. The molecule has 2 unspecified atom stereocenters. The smallest absolute Gasteiger partial charge is 0.0584 e. The standard InChI is InChI=1S/C12H26N2O/c1-3-11(10-15)13-8-7-12-6-4-5-9-14(12)2/h11-13,15H,3-10H2,1-2H3. The van der Waals surface area contributed by atoms with Crippen LogP contribution in [0.15, 0.2) is 0 Å². The van der Waals surface area contributed by atoms with Crippen LogP contribution >= 0.6 is 0 Å². The van der Waals surface area contributed by atoms with E-state index in [0.717, 1.165) is 19.0 Å². The van der Waals surface area contributed by atoms with E-state index in [1.807, 2.05) is 0 Å². The summed E-state index contributed by atoms with van der Waals surface area (Å²) in [6.45, 7) is 4.66. The first kappa shape index (κ1) is 12.9. The van der Waals surface area contributed by atoms with Gasteiger partial charge in [-0.1, -0.05) is 13.3 Å². The first-order chi connectivity index (χ1) is 7.27. The predicted octanol–water partition coefficient (Wildman–Crippen LogP) is 1.22. The van der Waals surface area contributed by atoms with Crippen molar-refractivity contribution < 1.29 is 5.11 Å². The van der Waals surface area contributed by atoms with Gasteiger partial charge in [0.25, 0.3) is 0 Å². The number of nitrogens with zero attached hydrogens (tertiary/aromatic N) is 1. The molecule has 1 saturated heterocycles. The van der Waals surface area contributed by atoms with E-state index < -0.39 is 0 Å². The molecule has 1 rings (SSSR count). The fourth-order valence-corrected chi connectivity index (χ4v) is 2.30. The fourth-order valence-electron chi connectivity index (χ4n) is 2.30. The van der Waals surface area contributed by atoms with Crippen LogP contribution in [0.2, 0.25) is 0 Å². The van der Waals surface area contributed by atoms with Gasteiger partial charge in [-0.25, -0.2) is 0 Å². The van der Waals surface area contributed by atoms with Crippen LogP contribution in [0.5, 0.6) is 0 Å². The molecule has 0 radical (unpaired) electrons. The maximum atomic E-state index is 9.04. The van der Waals surface area contributed by atoms with Gasteiger partial charge in [0.05, 0.1) is 6.61 Å². The van der Waals surface area contributed by atoms with E-state index in [1.54, 1.807) is 0 Å². The average Bonchev–Trinajstić information content (AvgIpc) is 2.27. The summed E-state index contributed by atoms with van der Waals surface area (Å²) in [6, 6.07) is 1.04. The number of rotatable bonds is 6. The van der Waals surface area contributed by atoms with Gasteiger partial charge < -0.3 is 15.3 Å². The molecule has 2 N–H and O–H groups in total. The van der Waals surface area contributed by atoms with Gasteiger partial charge >= 0.3 is 0 Å². The van der Waals surface area contributed by atoms with E-state index in [-0.39, 0.29) is 6.61 Å². The lowest BCUT2D eigenvalue weighted by atomic mass is 10.00. The van der Waals surface area contributed by atoms with Crippen LogP contribution in [0, 0.1) is 0 Å². The number of hydrogen-bond acceptors (Lipinski definition) is 3. The highest BCUT2D eigenvalue weighted by Gasteiger charge is 2.18. The summed E-state index contributed by atoms with van der Waals surface area (Å²) in [5.74, 6) is 0. The van der Waals surface area contributed by atoms with Crippen molar-refractivity contribution in [2.24, 2.45) is 0 Å². The third kappa shape index (κ3) is 4.49. The van der Waals surface area contributed by atoms with E-state index in [0.29, 0.717) is 6.04 Å². The lowest BCUT2D eigenvalue weighted by Crippen LogP contribution is -2.40. The van der Waals surface area contributed by atoms with Gasteiger partial charge in [-0.15, -0.1) is 0 Å². The zero-order valence-corrected chi connectivity index (χ0v) is 10.2. The second-order valence-electron chi connectivity index (χ2n) is 4.66. The Morgan fingerprint density at radius 3 is 2.87 bits per heavy atom. The summed E-state index contributed by atoms with van der Waals surface area (Å²) in [5.41, 5.74) is 0. The quantitative estimate of drug-likeness (QED) is 0.698. The number of aliphatic hydroxyl groups is 1. The van der Waals surface area contributed by atoms with Gasteiger partial charge in [-0.05, 0) is 45.8 Å². The molecule has 3 nitrogen and oxygen atoms in total. The molecule has 1 heterocycles. The Morgan fingerprint density at radius 1 is 1.47 bits per heavy atom. The Bertz CT molecular complexity index is 160. The monoisotopic (exact) mass is 214 g/mol. The van der Waals surface area contributed by atoms with Crippen molar-refractivity contribution in [2.75, 3.05) is 26.7 Å². The first-order valence-corrected chi connectivity index (χ1v) is 6.32. The Hall–Kier alpha value is -0.120. The molecule has 1 fully saturated rings. The summed E-state index contributed by atoms with van der Waals surface area (Å²) in [6.07, 6.45) is 6.30. The third-order valence-corrected chi connectivity index (χ3v) is 3.55. The minimum absolute atomic E-state index is 0.261. The van der Waals surface area contributed by atoms with Crippen LogP contribution in [0.3, 0.4) is 0 Å². The summed E-state index contributed by atoms with van der Waals surface area (Å²) in [7, 11) is 2.23.